The van der Waals surface area contributed by atoms with E-state index in [2.05, 4.69) is 10.6 Å². The first kappa shape index (κ1) is 14.1. The minimum Gasteiger partial charge on any atom is -0.446 e. The topological polar surface area (TPSA) is 74.5 Å². The van der Waals surface area contributed by atoms with Crippen molar-refractivity contribution >= 4 is 11.8 Å². The molecule has 0 bridgehead atoms. The maximum absolute atomic E-state index is 12.1. The minimum atomic E-state index is -0.210. The normalized spacial score (nSPS) is 27.2. The summed E-state index contributed by atoms with van der Waals surface area (Å²) in [5.74, 6) is 1.30. The van der Waals surface area contributed by atoms with E-state index in [1.54, 1.807) is 6.07 Å². The van der Waals surface area contributed by atoms with E-state index < -0.39 is 0 Å². The van der Waals surface area contributed by atoms with Gasteiger partial charge in [-0.2, -0.15) is 0 Å². The average Bonchev–Trinajstić information content (AvgIpc) is 2.84. The van der Waals surface area contributed by atoms with E-state index in [-0.39, 0.29) is 24.0 Å². The van der Waals surface area contributed by atoms with Gasteiger partial charge in [-0.05, 0) is 45.7 Å². The molecule has 0 aromatic carbocycles. The molecule has 5 heteroatoms. The van der Waals surface area contributed by atoms with Crippen LogP contribution in [-0.2, 0) is 4.79 Å². The van der Waals surface area contributed by atoms with Crippen molar-refractivity contribution in [3.05, 3.63) is 17.9 Å². The van der Waals surface area contributed by atoms with E-state index >= 15 is 0 Å². The van der Waals surface area contributed by atoms with Crippen molar-refractivity contribution in [2.45, 2.75) is 38.1 Å². The van der Waals surface area contributed by atoms with Crippen LogP contribution in [0.3, 0.4) is 0 Å². The quantitative estimate of drug-likeness (QED) is 0.775. The second-order valence-corrected chi connectivity index (χ2v) is 5.36. The number of rotatable bonds is 4. The lowest BCUT2D eigenvalue weighted by Crippen LogP contribution is -2.50. The lowest BCUT2D eigenvalue weighted by atomic mass is 9.76. The molecule has 1 fully saturated rings. The maximum Gasteiger partial charge on any atom is 0.229 e. The fourth-order valence-corrected chi connectivity index (χ4v) is 2.64. The Bertz CT molecular complexity index is 428. The van der Waals surface area contributed by atoms with Crippen molar-refractivity contribution in [1.29, 1.82) is 0 Å². The Kier molecular flexibility index (Phi) is 4.27. The summed E-state index contributed by atoms with van der Waals surface area (Å²) >= 11 is 0. The number of likely N-dealkylation sites (N-methyl/N-ethyl adjacent to an activating group) is 1. The summed E-state index contributed by atoms with van der Waals surface area (Å²) in [5, 5.41) is 15.4. The Labute approximate surface area is 113 Å². The highest BCUT2D eigenvalue weighted by atomic mass is 16.4. The van der Waals surface area contributed by atoms with Crippen LogP contribution in [0.1, 0.15) is 31.4 Å². The highest BCUT2D eigenvalue weighted by molar-refractivity contribution is 5.91. The Hall–Kier alpha value is -1.33. The van der Waals surface area contributed by atoms with Crippen LogP contribution < -0.4 is 10.6 Å². The van der Waals surface area contributed by atoms with Crippen LogP contribution in [0.4, 0.5) is 5.88 Å². The van der Waals surface area contributed by atoms with Crippen molar-refractivity contribution in [2.24, 2.45) is 5.92 Å². The van der Waals surface area contributed by atoms with Gasteiger partial charge in [0.15, 0.2) is 5.88 Å². The first-order valence-electron chi connectivity index (χ1n) is 6.76. The lowest BCUT2D eigenvalue weighted by Gasteiger charge is -2.38. The summed E-state index contributed by atoms with van der Waals surface area (Å²) in [4.78, 5) is 12.1. The summed E-state index contributed by atoms with van der Waals surface area (Å²) in [6, 6.07) is 3.59. The van der Waals surface area contributed by atoms with Gasteiger partial charge in [0, 0.05) is 17.5 Å². The Morgan fingerprint density at radius 2 is 2.16 bits per heavy atom. The van der Waals surface area contributed by atoms with Gasteiger partial charge in [-0.3, -0.25) is 10.1 Å². The minimum absolute atomic E-state index is 0.00145. The monoisotopic (exact) mass is 266 g/mol. The van der Waals surface area contributed by atoms with Crippen LogP contribution >= 0.6 is 0 Å². The van der Waals surface area contributed by atoms with Crippen molar-refractivity contribution in [3.63, 3.8) is 0 Å². The molecule has 0 radical (unpaired) electrons. The number of aryl methyl sites for hydroxylation is 1. The van der Waals surface area contributed by atoms with Crippen LogP contribution in [-0.4, -0.2) is 30.2 Å². The molecule has 2 rings (SSSR count). The van der Waals surface area contributed by atoms with Crippen LogP contribution in [0, 0.1) is 12.8 Å². The summed E-state index contributed by atoms with van der Waals surface area (Å²) in [7, 11) is 1.86. The molecule has 1 aliphatic rings. The molecule has 0 spiro atoms. The molecule has 1 amide bonds. The molecule has 1 aliphatic carbocycles. The number of furan rings is 1. The van der Waals surface area contributed by atoms with E-state index in [4.69, 9.17) is 4.42 Å². The Morgan fingerprint density at radius 1 is 1.47 bits per heavy atom. The number of hydrogen-bond acceptors (Lipinski definition) is 4. The third-order valence-corrected chi connectivity index (χ3v) is 4.13. The van der Waals surface area contributed by atoms with Crippen LogP contribution in [0.25, 0.3) is 0 Å². The third kappa shape index (κ3) is 3.16. The van der Waals surface area contributed by atoms with Crippen molar-refractivity contribution in [1.82, 2.24) is 5.32 Å². The summed E-state index contributed by atoms with van der Waals surface area (Å²) in [6.45, 7) is 1.97. The number of nitrogens with one attached hydrogen (secondary N) is 2. The molecule has 5 nitrogen and oxygen atoms in total. The predicted octanol–water partition coefficient (Wildman–Crippen LogP) is 1.67. The zero-order valence-corrected chi connectivity index (χ0v) is 11.5. The maximum atomic E-state index is 12.1. The molecule has 1 heterocycles. The molecule has 1 aromatic heterocycles. The first-order chi connectivity index (χ1) is 9.08. The van der Waals surface area contributed by atoms with Gasteiger partial charge in [0.1, 0.15) is 5.76 Å². The molecule has 1 aromatic rings. The smallest absolute Gasteiger partial charge is 0.229 e. The number of hydrogen-bond donors (Lipinski definition) is 3. The van der Waals surface area contributed by atoms with Gasteiger partial charge in [-0.15, -0.1) is 0 Å². The molecule has 19 heavy (non-hydrogen) atoms. The molecule has 106 valence electrons. The molecular formula is C14H22N2O3. The number of anilines is 1. The highest BCUT2D eigenvalue weighted by Gasteiger charge is 2.35. The second-order valence-electron chi connectivity index (χ2n) is 5.36. The lowest BCUT2D eigenvalue weighted by molar-refractivity contribution is -0.121. The van der Waals surface area contributed by atoms with E-state index in [1.807, 2.05) is 20.0 Å². The highest BCUT2D eigenvalue weighted by Crippen LogP contribution is 2.32. The van der Waals surface area contributed by atoms with E-state index in [0.717, 1.165) is 31.4 Å². The number of carbonyl (C=O) groups is 1. The first-order valence-corrected chi connectivity index (χ1v) is 6.76. The SMILES string of the molecule is CNC1(CO)CCC(C(=O)Nc2ccc(C)o2)CC1. The van der Waals surface area contributed by atoms with Crippen molar-refractivity contribution in [2.75, 3.05) is 19.0 Å². The van der Waals surface area contributed by atoms with Gasteiger partial charge in [0.25, 0.3) is 0 Å². The molecular weight excluding hydrogens is 244 g/mol. The summed E-state index contributed by atoms with van der Waals surface area (Å²) in [6.07, 6.45) is 3.20. The second kappa shape index (κ2) is 5.75. The van der Waals surface area contributed by atoms with Gasteiger partial charge in [-0.25, -0.2) is 0 Å². The van der Waals surface area contributed by atoms with Crippen LogP contribution in [0.5, 0.6) is 0 Å². The zero-order chi connectivity index (χ0) is 13.9. The zero-order valence-electron chi connectivity index (χ0n) is 11.5. The van der Waals surface area contributed by atoms with Gasteiger partial charge in [0.2, 0.25) is 5.91 Å². The van der Waals surface area contributed by atoms with Crippen LogP contribution in [0.15, 0.2) is 16.5 Å². The number of carbonyl (C=O) groups excluding carboxylic acids is 1. The van der Waals surface area contributed by atoms with Gasteiger partial charge < -0.3 is 14.8 Å². The Balaban J connectivity index is 1.89. The van der Waals surface area contributed by atoms with E-state index in [9.17, 15) is 9.90 Å². The van der Waals surface area contributed by atoms with Gasteiger partial charge in [0.05, 0.1) is 6.61 Å². The van der Waals surface area contributed by atoms with E-state index in [0.29, 0.717) is 5.88 Å². The number of amides is 1. The van der Waals surface area contributed by atoms with Crippen molar-refractivity contribution in [3.8, 4) is 0 Å². The summed E-state index contributed by atoms with van der Waals surface area (Å²) in [5.41, 5.74) is -0.210. The Morgan fingerprint density at radius 3 is 2.63 bits per heavy atom. The van der Waals surface area contributed by atoms with E-state index in [1.165, 1.54) is 0 Å². The van der Waals surface area contributed by atoms with Crippen LogP contribution in [0.2, 0.25) is 0 Å². The molecule has 0 aliphatic heterocycles. The number of aliphatic hydroxyl groups excluding tert-OH is 1. The number of aliphatic hydroxyl groups is 1. The molecule has 0 unspecified atom stereocenters. The predicted molar refractivity (Wildman–Crippen MR) is 72.9 cm³/mol. The molecule has 0 atom stereocenters. The molecule has 1 saturated carbocycles. The molecule has 3 N–H and O–H groups in total. The van der Waals surface area contributed by atoms with Gasteiger partial charge in [-0.1, -0.05) is 0 Å². The summed E-state index contributed by atoms with van der Waals surface area (Å²) < 4.78 is 5.34. The molecule has 0 saturated heterocycles. The van der Waals surface area contributed by atoms with Gasteiger partial charge >= 0.3 is 0 Å². The van der Waals surface area contributed by atoms with Crippen molar-refractivity contribution < 1.29 is 14.3 Å². The fraction of sp³-hybridized carbons (Fsp3) is 0.643. The largest absolute Gasteiger partial charge is 0.446 e. The standard InChI is InChI=1S/C14H22N2O3/c1-10-3-4-12(19-10)16-13(18)11-5-7-14(9-17,15-2)8-6-11/h3-4,11,15,17H,5-9H2,1-2H3,(H,16,18). The average molecular weight is 266 g/mol. The third-order valence-electron chi connectivity index (χ3n) is 4.13. The fourth-order valence-electron chi connectivity index (χ4n) is 2.64.